The van der Waals surface area contributed by atoms with Gasteiger partial charge in [-0.25, -0.2) is 9.37 Å². The molecule has 0 saturated heterocycles. The van der Waals surface area contributed by atoms with E-state index in [9.17, 15) is 9.50 Å². The van der Waals surface area contributed by atoms with E-state index < -0.39 is 5.60 Å². The second-order valence-corrected chi connectivity index (χ2v) is 6.21. The largest absolute Gasteiger partial charge is 0.457 e. The first-order valence-electron chi connectivity index (χ1n) is 7.51. The van der Waals surface area contributed by atoms with Gasteiger partial charge in [-0.15, -0.1) is 0 Å². The summed E-state index contributed by atoms with van der Waals surface area (Å²) in [7, 11) is 0. The maximum absolute atomic E-state index is 13.2. The fraction of sp³-hybridized carbons (Fsp3) is 0.278. The van der Waals surface area contributed by atoms with Crippen LogP contribution in [0, 0.1) is 5.82 Å². The SMILES string of the molecule is CC(C)(O)CCn1cnc2ccc(Oc3cccc(F)c3)cc21. The highest BCUT2D eigenvalue weighted by molar-refractivity contribution is 5.77. The van der Waals surface area contributed by atoms with Gasteiger partial charge in [-0.1, -0.05) is 6.07 Å². The van der Waals surface area contributed by atoms with Crippen LogP contribution in [0.1, 0.15) is 20.3 Å². The second kappa shape index (κ2) is 6.01. The van der Waals surface area contributed by atoms with Crippen LogP contribution in [-0.4, -0.2) is 20.3 Å². The van der Waals surface area contributed by atoms with Gasteiger partial charge in [0.1, 0.15) is 17.3 Å². The molecular weight excluding hydrogens is 295 g/mol. The van der Waals surface area contributed by atoms with Gasteiger partial charge in [0.05, 0.1) is 23.0 Å². The van der Waals surface area contributed by atoms with Crippen LogP contribution in [0.2, 0.25) is 0 Å². The summed E-state index contributed by atoms with van der Waals surface area (Å²) in [5.41, 5.74) is 1.04. The van der Waals surface area contributed by atoms with E-state index in [2.05, 4.69) is 4.98 Å². The highest BCUT2D eigenvalue weighted by Crippen LogP contribution is 2.26. The van der Waals surface area contributed by atoms with Crippen molar-refractivity contribution in [1.82, 2.24) is 9.55 Å². The number of aliphatic hydroxyl groups is 1. The number of aryl methyl sites for hydroxylation is 1. The molecular formula is C18H19FN2O2. The van der Waals surface area contributed by atoms with Crippen LogP contribution in [-0.2, 0) is 6.54 Å². The van der Waals surface area contributed by atoms with Crippen molar-refractivity contribution in [3.8, 4) is 11.5 Å². The lowest BCUT2D eigenvalue weighted by atomic mass is 10.1. The molecule has 0 bridgehead atoms. The Morgan fingerprint density at radius 1 is 1.17 bits per heavy atom. The van der Waals surface area contributed by atoms with E-state index in [-0.39, 0.29) is 5.82 Å². The third kappa shape index (κ3) is 3.87. The molecule has 1 N–H and O–H groups in total. The highest BCUT2D eigenvalue weighted by Gasteiger charge is 2.13. The zero-order valence-corrected chi connectivity index (χ0v) is 13.2. The normalized spacial score (nSPS) is 11.8. The zero-order chi connectivity index (χ0) is 16.4. The van der Waals surface area contributed by atoms with Crippen LogP contribution >= 0.6 is 0 Å². The number of benzene rings is 2. The Kier molecular flexibility index (Phi) is 4.05. The van der Waals surface area contributed by atoms with Crippen molar-refractivity contribution in [2.45, 2.75) is 32.4 Å². The van der Waals surface area contributed by atoms with Crippen LogP contribution in [0.5, 0.6) is 11.5 Å². The molecule has 0 atom stereocenters. The molecule has 0 fully saturated rings. The average Bonchev–Trinajstić information content (AvgIpc) is 2.87. The first kappa shape index (κ1) is 15.5. The van der Waals surface area contributed by atoms with E-state index >= 15 is 0 Å². The Morgan fingerprint density at radius 3 is 2.70 bits per heavy atom. The number of ether oxygens (including phenoxy) is 1. The molecule has 120 valence electrons. The molecule has 1 aromatic heterocycles. The fourth-order valence-corrected chi connectivity index (χ4v) is 2.34. The van der Waals surface area contributed by atoms with Gasteiger partial charge in [0, 0.05) is 18.7 Å². The van der Waals surface area contributed by atoms with E-state index in [0.29, 0.717) is 24.5 Å². The lowest BCUT2D eigenvalue weighted by Crippen LogP contribution is -2.20. The van der Waals surface area contributed by atoms with E-state index in [1.54, 1.807) is 38.4 Å². The Bertz CT molecular complexity index is 821. The van der Waals surface area contributed by atoms with Gasteiger partial charge in [-0.3, -0.25) is 0 Å². The van der Waals surface area contributed by atoms with Crippen LogP contribution in [0.25, 0.3) is 11.0 Å². The van der Waals surface area contributed by atoms with Crippen molar-refractivity contribution in [1.29, 1.82) is 0 Å². The van der Waals surface area contributed by atoms with Crippen molar-refractivity contribution in [3.63, 3.8) is 0 Å². The molecule has 0 aliphatic carbocycles. The fourth-order valence-electron chi connectivity index (χ4n) is 2.34. The second-order valence-electron chi connectivity index (χ2n) is 6.21. The summed E-state index contributed by atoms with van der Waals surface area (Å²) in [5.74, 6) is 0.735. The van der Waals surface area contributed by atoms with Crippen LogP contribution < -0.4 is 4.74 Å². The standard InChI is InChI=1S/C18H19FN2O2/c1-18(2,22)8-9-21-12-20-16-7-6-15(11-17(16)21)23-14-5-3-4-13(19)10-14/h3-7,10-12,22H,8-9H2,1-2H3. The molecule has 0 aliphatic heterocycles. The summed E-state index contributed by atoms with van der Waals surface area (Å²) in [6.45, 7) is 4.22. The molecule has 0 aliphatic rings. The Hall–Kier alpha value is -2.40. The molecule has 0 unspecified atom stereocenters. The van der Waals surface area contributed by atoms with Crippen molar-refractivity contribution < 1.29 is 14.2 Å². The monoisotopic (exact) mass is 314 g/mol. The number of hydrogen-bond donors (Lipinski definition) is 1. The van der Waals surface area contributed by atoms with Crippen LogP contribution in [0.15, 0.2) is 48.8 Å². The topological polar surface area (TPSA) is 47.3 Å². The third-order valence-corrected chi connectivity index (χ3v) is 3.59. The maximum Gasteiger partial charge on any atom is 0.130 e. The van der Waals surface area contributed by atoms with E-state index in [0.717, 1.165) is 11.0 Å². The first-order valence-corrected chi connectivity index (χ1v) is 7.51. The molecule has 1 heterocycles. The summed E-state index contributed by atoms with van der Waals surface area (Å²) in [4.78, 5) is 4.35. The average molecular weight is 314 g/mol. The summed E-state index contributed by atoms with van der Waals surface area (Å²) < 4.78 is 20.9. The van der Waals surface area contributed by atoms with Gasteiger partial charge in [-0.2, -0.15) is 0 Å². The first-order chi connectivity index (χ1) is 10.9. The van der Waals surface area contributed by atoms with E-state index in [4.69, 9.17) is 4.74 Å². The van der Waals surface area contributed by atoms with Crippen molar-refractivity contribution in [3.05, 3.63) is 54.6 Å². The maximum atomic E-state index is 13.2. The Labute approximate surface area is 134 Å². The molecule has 5 heteroatoms. The van der Waals surface area contributed by atoms with Crippen molar-refractivity contribution >= 4 is 11.0 Å². The zero-order valence-electron chi connectivity index (χ0n) is 13.2. The van der Waals surface area contributed by atoms with Gasteiger partial charge in [0.25, 0.3) is 0 Å². The van der Waals surface area contributed by atoms with Gasteiger partial charge in [0.2, 0.25) is 0 Å². The minimum Gasteiger partial charge on any atom is -0.457 e. The molecule has 0 amide bonds. The summed E-state index contributed by atoms with van der Waals surface area (Å²) >= 11 is 0. The number of fused-ring (bicyclic) bond motifs is 1. The minimum atomic E-state index is -0.730. The molecule has 23 heavy (non-hydrogen) atoms. The minimum absolute atomic E-state index is 0.334. The molecule has 0 radical (unpaired) electrons. The quantitative estimate of drug-likeness (QED) is 0.770. The molecule has 4 nitrogen and oxygen atoms in total. The molecule has 3 rings (SSSR count). The number of imidazole rings is 1. The van der Waals surface area contributed by atoms with Crippen molar-refractivity contribution in [2.75, 3.05) is 0 Å². The van der Waals surface area contributed by atoms with Gasteiger partial charge < -0.3 is 14.4 Å². The van der Waals surface area contributed by atoms with Crippen molar-refractivity contribution in [2.24, 2.45) is 0 Å². The molecule has 0 saturated carbocycles. The van der Waals surface area contributed by atoms with Gasteiger partial charge >= 0.3 is 0 Å². The van der Waals surface area contributed by atoms with Crippen LogP contribution in [0.3, 0.4) is 0 Å². The lowest BCUT2D eigenvalue weighted by Gasteiger charge is -2.17. The number of hydrogen-bond acceptors (Lipinski definition) is 3. The third-order valence-electron chi connectivity index (χ3n) is 3.59. The molecule has 0 spiro atoms. The number of aromatic nitrogens is 2. The lowest BCUT2D eigenvalue weighted by molar-refractivity contribution is 0.0665. The Balaban J connectivity index is 1.85. The smallest absolute Gasteiger partial charge is 0.130 e. The highest BCUT2D eigenvalue weighted by atomic mass is 19.1. The predicted octanol–water partition coefficient (Wildman–Crippen LogP) is 4.13. The predicted molar refractivity (Wildman–Crippen MR) is 87.1 cm³/mol. The van der Waals surface area contributed by atoms with E-state index in [1.807, 2.05) is 16.7 Å². The van der Waals surface area contributed by atoms with Crippen LogP contribution in [0.4, 0.5) is 4.39 Å². The van der Waals surface area contributed by atoms with E-state index in [1.165, 1.54) is 12.1 Å². The van der Waals surface area contributed by atoms with Gasteiger partial charge in [0.15, 0.2) is 0 Å². The number of nitrogens with zero attached hydrogens (tertiary/aromatic N) is 2. The number of rotatable bonds is 5. The van der Waals surface area contributed by atoms with Gasteiger partial charge in [-0.05, 0) is 44.5 Å². The summed E-state index contributed by atoms with van der Waals surface area (Å²) in [6.07, 6.45) is 2.37. The summed E-state index contributed by atoms with van der Waals surface area (Å²) in [5, 5.41) is 9.87. The summed E-state index contributed by atoms with van der Waals surface area (Å²) in [6, 6.07) is 11.6. The molecule has 2 aromatic carbocycles. The molecule has 3 aromatic rings. The number of halogens is 1. The Morgan fingerprint density at radius 2 is 1.96 bits per heavy atom.